The molecule has 17 heavy (non-hydrogen) atoms. The highest BCUT2D eigenvalue weighted by molar-refractivity contribution is 5.85. The summed E-state index contributed by atoms with van der Waals surface area (Å²) >= 11 is 0. The molecule has 1 rings (SSSR count). The average Bonchev–Trinajstić information content (AvgIpc) is 2.26. The van der Waals surface area contributed by atoms with Gasteiger partial charge in [-0.15, -0.1) is 0 Å². The molecule has 1 atom stereocenters. The molecule has 94 valence electrons. The first-order chi connectivity index (χ1) is 7.88. The monoisotopic (exact) mass is 234 g/mol. The van der Waals surface area contributed by atoms with Gasteiger partial charge in [0.1, 0.15) is 0 Å². The molecule has 0 spiro atoms. The van der Waals surface area contributed by atoms with Crippen molar-refractivity contribution in [3.63, 3.8) is 0 Å². The summed E-state index contributed by atoms with van der Waals surface area (Å²) in [7, 11) is 0. The molecule has 1 aromatic heterocycles. The highest BCUT2D eigenvalue weighted by Crippen LogP contribution is 2.21. The summed E-state index contributed by atoms with van der Waals surface area (Å²) in [6.45, 7) is 6.47. The SMILES string of the molecule is CC(C)(C)CCC(N)C(=O)Cc1cccnc1. The zero-order chi connectivity index (χ0) is 12.9. The first-order valence-electron chi connectivity index (χ1n) is 6.06. The Kier molecular flexibility index (Phi) is 4.82. The van der Waals surface area contributed by atoms with E-state index in [1.165, 1.54) is 0 Å². The van der Waals surface area contributed by atoms with Crippen molar-refractivity contribution in [1.29, 1.82) is 0 Å². The number of pyridine rings is 1. The Balaban J connectivity index is 2.43. The van der Waals surface area contributed by atoms with Gasteiger partial charge in [-0.1, -0.05) is 26.8 Å². The first kappa shape index (κ1) is 13.8. The van der Waals surface area contributed by atoms with Crippen molar-refractivity contribution >= 4 is 5.78 Å². The van der Waals surface area contributed by atoms with E-state index in [9.17, 15) is 4.79 Å². The maximum Gasteiger partial charge on any atom is 0.153 e. The molecule has 0 saturated heterocycles. The van der Waals surface area contributed by atoms with Gasteiger partial charge in [-0.05, 0) is 29.9 Å². The molecule has 1 aromatic rings. The van der Waals surface area contributed by atoms with Gasteiger partial charge in [-0.25, -0.2) is 0 Å². The Bertz CT molecular complexity index is 354. The number of Topliss-reactive ketones (excluding diaryl/α,β-unsaturated/α-hetero) is 1. The largest absolute Gasteiger partial charge is 0.321 e. The fourth-order valence-corrected chi connectivity index (χ4v) is 1.58. The summed E-state index contributed by atoms with van der Waals surface area (Å²) in [6, 6.07) is 3.39. The van der Waals surface area contributed by atoms with Crippen LogP contribution in [-0.2, 0) is 11.2 Å². The van der Waals surface area contributed by atoms with Crippen molar-refractivity contribution in [3.8, 4) is 0 Å². The fourth-order valence-electron chi connectivity index (χ4n) is 1.58. The molecular formula is C14H22N2O. The van der Waals surface area contributed by atoms with Gasteiger partial charge in [0.15, 0.2) is 5.78 Å². The van der Waals surface area contributed by atoms with E-state index in [-0.39, 0.29) is 17.2 Å². The molecule has 3 heteroatoms. The Morgan fingerprint density at radius 2 is 2.18 bits per heavy atom. The molecule has 0 aliphatic carbocycles. The molecular weight excluding hydrogens is 212 g/mol. The quantitative estimate of drug-likeness (QED) is 0.850. The van der Waals surface area contributed by atoms with Crippen LogP contribution in [0.3, 0.4) is 0 Å². The molecule has 0 saturated carbocycles. The van der Waals surface area contributed by atoms with E-state index >= 15 is 0 Å². The number of carbonyl (C=O) groups excluding carboxylic acids is 1. The molecule has 0 aliphatic rings. The summed E-state index contributed by atoms with van der Waals surface area (Å²) in [5.41, 5.74) is 7.06. The van der Waals surface area contributed by atoms with E-state index < -0.39 is 0 Å². The molecule has 3 nitrogen and oxygen atoms in total. The second-order valence-corrected chi connectivity index (χ2v) is 5.71. The molecule has 1 unspecified atom stereocenters. The number of hydrogen-bond acceptors (Lipinski definition) is 3. The van der Waals surface area contributed by atoms with Crippen LogP contribution in [0.15, 0.2) is 24.5 Å². The molecule has 0 aliphatic heterocycles. The summed E-state index contributed by atoms with van der Waals surface area (Å²) in [5, 5.41) is 0. The second kappa shape index (κ2) is 5.92. The van der Waals surface area contributed by atoms with E-state index in [0.717, 1.165) is 18.4 Å². The Hall–Kier alpha value is -1.22. The minimum atomic E-state index is -0.352. The average molecular weight is 234 g/mol. The van der Waals surface area contributed by atoms with Crippen molar-refractivity contribution in [1.82, 2.24) is 4.98 Å². The van der Waals surface area contributed by atoms with Crippen LogP contribution in [0.1, 0.15) is 39.2 Å². The van der Waals surface area contributed by atoms with E-state index in [1.807, 2.05) is 12.1 Å². The second-order valence-electron chi connectivity index (χ2n) is 5.71. The fraction of sp³-hybridized carbons (Fsp3) is 0.571. The van der Waals surface area contributed by atoms with Crippen LogP contribution in [0.2, 0.25) is 0 Å². The van der Waals surface area contributed by atoms with Crippen molar-refractivity contribution < 1.29 is 4.79 Å². The lowest BCUT2D eigenvalue weighted by Crippen LogP contribution is -2.32. The predicted molar refractivity (Wildman–Crippen MR) is 69.6 cm³/mol. The third-order valence-electron chi connectivity index (χ3n) is 2.72. The van der Waals surface area contributed by atoms with Crippen molar-refractivity contribution in [2.24, 2.45) is 11.1 Å². The lowest BCUT2D eigenvalue weighted by Gasteiger charge is -2.20. The van der Waals surface area contributed by atoms with Gasteiger partial charge >= 0.3 is 0 Å². The minimum Gasteiger partial charge on any atom is -0.321 e. The van der Waals surface area contributed by atoms with Crippen molar-refractivity contribution in [2.45, 2.75) is 46.1 Å². The molecule has 0 amide bonds. The molecule has 0 aromatic carbocycles. The Morgan fingerprint density at radius 1 is 1.47 bits per heavy atom. The first-order valence-corrected chi connectivity index (χ1v) is 6.06. The van der Waals surface area contributed by atoms with Gasteiger partial charge < -0.3 is 5.73 Å². The van der Waals surface area contributed by atoms with E-state index in [2.05, 4.69) is 25.8 Å². The number of aromatic nitrogens is 1. The lowest BCUT2D eigenvalue weighted by atomic mass is 9.87. The maximum absolute atomic E-state index is 11.9. The predicted octanol–water partition coefficient (Wildman–Crippen LogP) is 2.35. The number of nitrogens with two attached hydrogens (primary N) is 1. The maximum atomic E-state index is 11.9. The summed E-state index contributed by atoms with van der Waals surface area (Å²) in [4.78, 5) is 15.9. The molecule has 0 bridgehead atoms. The van der Waals surface area contributed by atoms with Crippen LogP contribution in [0.25, 0.3) is 0 Å². The number of ketones is 1. The van der Waals surface area contributed by atoms with Crippen molar-refractivity contribution in [2.75, 3.05) is 0 Å². The zero-order valence-corrected chi connectivity index (χ0v) is 10.9. The Labute approximate surface area is 103 Å². The summed E-state index contributed by atoms with van der Waals surface area (Å²) in [5.74, 6) is 0.0993. The van der Waals surface area contributed by atoms with Crippen LogP contribution in [0.4, 0.5) is 0 Å². The zero-order valence-electron chi connectivity index (χ0n) is 10.9. The normalized spacial score (nSPS) is 13.4. The van der Waals surface area contributed by atoms with Crippen molar-refractivity contribution in [3.05, 3.63) is 30.1 Å². The number of rotatable bonds is 5. The van der Waals surface area contributed by atoms with E-state index in [4.69, 9.17) is 5.73 Å². The van der Waals surface area contributed by atoms with Gasteiger partial charge in [0, 0.05) is 18.8 Å². The number of carbonyl (C=O) groups is 1. The van der Waals surface area contributed by atoms with Crippen LogP contribution in [-0.4, -0.2) is 16.8 Å². The summed E-state index contributed by atoms with van der Waals surface area (Å²) in [6.07, 6.45) is 5.52. The minimum absolute atomic E-state index is 0.0993. The van der Waals surface area contributed by atoms with Gasteiger partial charge in [0.05, 0.1) is 6.04 Å². The van der Waals surface area contributed by atoms with Crippen LogP contribution >= 0.6 is 0 Å². The lowest BCUT2D eigenvalue weighted by molar-refractivity contribution is -0.119. The van der Waals surface area contributed by atoms with Crippen LogP contribution in [0.5, 0.6) is 0 Å². The van der Waals surface area contributed by atoms with Crippen LogP contribution in [0, 0.1) is 5.41 Å². The molecule has 1 heterocycles. The summed E-state index contributed by atoms with van der Waals surface area (Å²) < 4.78 is 0. The molecule has 0 radical (unpaired) electrons. The van der Waals surface area contributed by atoms with Gasteiger partial charge in [-0.3, -0.25) is 9.78 Å². The molecule has 2 N–H and O–H groups in total. The highest BCUT2D eigenvalue weighted by Gasteiger charge is 2.18. The van der Waals surface area contributed by atoms with Crippen LogP contribution < -0.4 is 5.73 Å². The van der Waals surface area contributed by atoms with Gasteiger partial charge in [-0.2, -0.15) is 0 Å². The standard InChI is InChI=1S/C14H22N2O/c1-14(2,3)7-6-12(15)13(17)9-11-5-4-8-16-10-11/h4-5,8,10,12H,6-7,9,15H2,1-3H3. The third-order valence-corrected chi connectivity index (χ3v) is 2.72. The van der Waals surface area contributed by atoms with Gasteiger partial charge in [0.2, 0.25) is 0 Å². The highest BCUT2D eigenvalue weighted by atomic mass is 16.1. The molecule has 0 fully saturated rings. The topological polar surface area (TPSA) is 56.0 Å². The smallest absolute Gasteiger partial charge is 0.153 e. The number of nitrogens with zero attached hydrogens (tertiary/aromatic N) is 1. The number of hydrogen-bond donors (Lipinski definition) is 1. The third kappa shape index (κ3) is 5.59. The van der Waals surface area contributed by atoms with E-state index in [1.54, 1.807) is 12.4 Å². The van der Waals surface area contributed by atoms with E-state index in [0.29, 0.717) is 6.42 Å². The van der Waals surface area contributed by atoms with Gasteiger partial charge in [0.25, 0.3) is 0 Å². The Morgan fingerprint density at radius 3 is 2.71 bits per heavy atom.